The minimum atomic E-state index is -4.72. The highest BCUT2D eigenvalue weighted by molar-refractivity contribution is 5.90. The van der Waals surface area contributed by atoms with Crippen molar-refractivity contribution in [2.24, 2.45) is 5.73 Å². The number of nitrogens with two attached hydrogens (primary N) is 1. The number of aliphatic hydroxyl groups is 1. The van der Waals surface area contributed by atoms with Gasteiger partial charge >= 0.3 is 6.36 Å². The zero-order chi connectivity index (χ0) is 25.1. The fraction of sp³-hybridized carbons (Fsp3) is 0.455. The van der Waals surface area contributed by atoms with Crippen molar-refractivity contribution in [1.29, 1.82) is 0 Å². The largest absolute Gasteiger partial charge is 0.573 e. The number of benzene rings is 1. The molecule has 0 atom stereocenters. The van der Waals surface area contributed by atoms with E-state index in [4.69, 9.17) is 15.6 Å². The molecule has 0 fully saturated rings. The topological polar surface area (TPSA) is 125 Å². The van der Waals surface area contributed by atoms with Crippen LogP contribution in [0.4, 0.5) is 13.2 Å². The minimum Gasteiger partial charge on any atom is -0.406 e. The number of aromatic nitrogens is 4. The van der Waals surface area contributed by atoms with Crippen LogP contribution >= 0.6 is 0 Å². The fourth-order valence-corrected chi connectivity index (χ4v) is 3.07. The van der Waals surface area contributed by atoms with Gasteiger partial charge in [0.1, 0.15) is 17.3 Å². The SMILES string of the molecule is COCCn1c(CCCCCO)nc2cc(OC(F)(F)F)ccc21.Cc1cnc(C(N)=O)cn1. The highest BCUT2D eigenvalue weighted by Crippen LogP contribution is 2.27. The molecule has 2 aromatic heterocycles. The van der Waals surface area contributed by atoms with Crippen molar-refractivity contribution < 1.29 is 32.5 Å². The molecule has 3 rings (SSSR count). The summed E-state index contributed by atoms with van der Waals surface area (Å²) in [6.45, 7) is 2.99. The number of aryl methyl sites for hydroxylation is 2. The summed E-state index contributed by atoms with van der Waals surface area (Å²) < 4.78 is 48.0. The van der Waals surface area contributed by atoms with Gasteiger partial charge in [0.05, 0.1) is 29.5 Å². The van der Waals surface area contributed by atoms with E-state index in [1.165, 1.54) is 24.5 Å². The summed E-state index contributed by atoms with van der Waals surface area (Å²) in [7, 11) is 1.59. The molecule has 3 N–H and O–H groups in total. The van der Waals surface area contributed by atoms with Gasteiger partial charge in [0, 0.05) is 38.9 Å². The third-order valence-corrected chi connectivity index (χ3v) is 4.64. The first-order chi connectivity index (χ1) is 16.1. The number of alkyl halides is 3. The molecule has 0 radical (unpaired) electrons. The molecule has 0 aliphatic heterocycles. The monoisotopic (exact) mass is 483 g/mol. The third kappa shape index (κ3) is 8.60. The third-order valence-electron chi connectivity index (χ3n) is 4.64. The van der Waals surface area contributed by atoms with Crippen LogP contribution in [0.5, 0.6) is 5.75 Å². The maximum Gasteiger partial charge on any atom is 0.573 e. The Morgan fingerprint density at radius 3 is 2.53 bits per heavy atom. The lowest BCUT2D eigenvalue weighted by Gasteiger charge is -2.10. The molecule has 0 unspecified atom stereocenters. The number of nitrogens with zero attached hydrogens (tertiary/aromatic N) is 4. The van der Waals surface area contributed by atoms with Crippen molar-refractivity contribution in [2.75, 3.05) is 20.3 Å². The van der Waals surface area contributed by atoms with Gasteiger partial charge in [-0.05, 0) is 31.9 Å². The predicted octanol–water partition coefficient (Wildman–Crippen LogP) is 3.17. The number of hydrogen-bond acceptors (Lipinski definition) is 7. The van der Waals surface area contributed by atoms with E-state index in [9.17, 15) is 18.0 Å². The van der Waals surface area contributed by atoms with Crippen molar-refractivity contribution in [2.45, 2.75) is 45.5 Å². The molecule has 0 aliphatic rings. The van der Waals surface area contributed by atoms with Crippen LogP contribution in [-0.2, 0) is 17.7 Å². The van der Waals surface area contributed by atoms with Crippen molar-refractivity contribution in [3.8, 4) is 5.75 Å². The number of unbranched alkanes of at least 4 members (excludes halogenated alkanes) is 2. The molecular formula is C22H28F3N5O4. The van der Waals surface area contributed by atoms with Crippen LogP contribution in [0.1, 0.15) is 41.3 Å². The first-order valence-corrected chi connectivity index (χ1v) is 10.6. The number of primary amides is 1. The maximum absolute atomic E-state index is 12.3. The number of fused-ring (bicyclic) bond motifs is 1. The van der Waals surface area contributed by atoms with Crippen molar-refractivity contribution in [1.82, 2.24) is 19.5 Å². The predicted molar refractivity (Wildman–Crippen MR) is 118 cm³/mol. The normalized spacial score (nSPS) is 11.2. The Balaban J connectivity index is 0.000000340. The molecular weight excluding hydrogens is 455 g/mol. The molecule has 0 spiro atoms. The molecule has 0 saturated carbocycles. The van der Waals surface area contributed by atoms with E-state index in [0.717, 1.165) is 36.3 Å². The zero-order valence-corrected chi connectivity index (χ0v) is 19.0. The molecule has 34 heavy (non-hydrogen) atoms. The molecule has 0 saturated heterocycles. The average molecular weight is 483 g/mol. The first-order valence-electron chi connectivity index (χ1n) is 10.6. The Hall–Kier alpha value is -3.25. The maximum atomic E-state index is 12.3. The van der Waals surface area contributed by atoms with Gasteiger partial charge < -0.3 is 24.9 Å². The lowest BCUT2D eigenvalue weighted by Crippen LogP contribution is -2.17. The van der Waals surface area contributed by atoms with Gasteiger partial charge in [0.25, 0.3) is 5.91 Å². The summed E-state index contributed by atoms with van der Waals surface area (Å²) in [6, 6.07) is 4.16. The second kappa shape index (κ2) is 12.8. The number of methoxy groups -OCH3 is 1. The molecule has 3 aromatic rings. The Bertz CT molecular complexity index is 1060. The summed E-state index contributed by atoms with van der Waals surface area (Å²) in [4.78, 5) is 22.5. The number of carbonyl (C=O) groups is 1. The van der Waals surface area contributed by atoms with Crippen molar-refractivity contribution >= 4 is 16.9 Å². The minimum absolute atomic E-state index is 0.151. The van der Waals surface area contributed by atoms with Crippen LogP contribution in [-0.4, -0.2) is 57.2 Å². The van der Waals surface area contributed by atoms with Gasteiger partial charge in [-0.1, -0.05) is 6.42 Å². The number of imidazole rings is 1. The Morgan fingerprint density at radius 2 is 1.94 bits per heavy atom. The van der Waals surface area contributed by atoms with Crippen LogP contribution in [0.25, 0.3) is 11.0 Å². The number of halogens is 3. The van der Waals surface area contributed by atoms with E-state index >= 15 is 0 Å². The van der Waals surface area contributed by atoms with E-state index in [-0.39, 0.29) is 18.1 Å². The molecule has 12 heteroatoms. The number of aliphatic hydroxyl groups excluding tert-OH is 1. The van der Waals surface area contributed by atoms with Crippen LogP contribution < -0.4 is 10.5 Å². The summed E-state index contributed by atoms with van der Waals surface area (Å²) in [6.07, 6.45) is 1.27. The first kappa shape index (κ1) is 27.0. The van der Waals surface area contributed by atoms with Gasteiger partial charge in [-0.15, -0.1) is 13.2 Å². The summed E-state index contributed by atoms with van der Waals surface area (Å²) in [5.74, 6) is -0.0325. The summed E-state index contributed by atoms with van der Waals surface area (Å²) in [5, 5.41) is 8.83. The molecule has 2 heterocycles. The van der Waals surface area contributed by atoms with Crippen molar-refractivity contribution in [3.05, 3.63) is 47.8 Å². The van der Waals surface area contributed by atoms with E-state index < -0.39 is 12.3 Å². The highest BCUT2D eigenvalue weighted by Gasteiger charge is 2.31. The zero-order valence-electron chi connectivity index (χ0n) is 19.0. The molecule has 186 valence electrons. The average Bonchev–Trinajstić information content (AvgIpc) is 3.11. The second-order valence-corrected chi connectivity index (χ2v) is 7.31. The quantitative estimate of drug-likeness (QED) is 0.424. The fourth-order valence-electron chi connectivity index (χ4n) is 3.07. The van der Waals surface area contributed by atoms with Gasteiger partial charge in [-0.3, -0.25) is 9.78 Å². The van der Waals surface area contributed by atoms with Gasteiger partial charge in [-0.25, -0.2) is 9.97 Å². The Labute approximate surface area is 194 Å². The standard InChI is InChI=1S/C16H21F3N2O3.C6H7N3O/c1-23-10-8-21-14-7-6-12(24-16(17,18)19)11-13(14)20-15(21)5-3-2-4-9-22;1-4-2-9-5(3-8-4)6(7)10/h6-7,11,22H,2-5,8-10H2,1H3;2-3H,1H3,(H2,7,10). The van der Waals surface area contributed by atoms with Gasteiger partial charge in [-0.2, -0.15) is 0 Å². The number of carbonyl (C=O) groups excluding carboxylic acids is 1. The number of ether oxygens (including phenoxy) is 2. The van der Waals surface area contributed by atoms with Crippen LogP contribution in [0.3, 0.4) is 0 Å². The van der Waals surface area contributed by atoms with E-state index in [0.29, 0.717) is 25.1 Å². The van der Waals surface area contributed by atoms with E-state index in [2.05, 4.69) is 19.7 Å². The molecule has 0 aliphatic carbocycles. The van der Waals surface area contributed by atoms with Gasteiger partial charge in [0.2, 0.25) is 0 Å². The van der Waals surface area contributed by atoms with Crippen LogP contribution in [0.15, 0.2) is 30.6 Å². The Morgan fingerprint density at radius 1 is 1.18 bits per heavy atom. The summed E-state index contributed by atoms with van der Waals surface area (Å²) in [5.41, 5.74) is 7.10. The van der Waals surface area contributed by atoms with E-state index in [1.54, 1.807) is 20.1 Å². The Kier molecular flexibility index (Phi) is 10.2. The number of amides is 1. The van der Waals surface area contributed by atoms with Crippen LogP contribution in [0, 0.1) is 6.92 Å². The van der Waals surface area contributed by atoms with Crippen molar-refractivity contribution in [3.63, 3.8) is 0 Å². The lowest BCUT2D eigenvalue weighted by atomic mass is 10.2. The van der Waals surface area contributed by atoms with Gasteiger partial charge in [0.15, 0.2) is 0 Å². The highest BCUT2D eigenvalue weighted by atomic mass is 19.4. The number of hydrogen-bond donors (Lipinski definition) is 2. The number of rotatable bonds is 10. The lowest BCUT2D eigenvalue weighted by molar-refractivity contribution is -0.274. The second-order valence-electron chi connectivity index (χ2n) is 7.31. The van der Waals surface area contributed by atoms with E-state index in [1.807, 2.05) is 4.57 Å². The molecule has 1 aromatic carbocycles. The molecule has 1 amide bonds. The summed E-state index contributed by atoms with van der Waals surface area (Å²) >= 11 is 0. The molecule has 0 bridgehead atoms. The molecule has 9 nitrogen and oxygen atoms in total. The smallest absolute Gasteiger partial charge is 0.406 e. The van der Waals surface area contributed by atoms with Crippen LogP contribution in [0.2, 0.25) is 0 Å².